The summed E-state index contributed by atoms with van der Waals surface area (Å²) in [5.41, 5.74) is 1.31. The van der Waals surface area contributed by atoms with E-state index < -0.39 is 0 Å². The molecule has 1 unspecified atom stereocenters. The van der Waals surface area contributed by atoms with Gasteiger partial charge in [0.15, 0.2) is 5.82 Å². The average Bonchev–Trinajstić information content (AvgIpc) is 2.63. The van der Waals surface area contributed by atoms with E-state index in [1.807, 2.05) is 6.07 Å². The van der Waals surface area contributed by atoms with Gasteiger partial charge >= 0.3 is 0 Å². The topological polar surface area (TPSA) is 53.9 Å². The van der Waals surface area contributed by atoms with Gasteiger partial charge in [0.1, 0.15) is 0 Å². The molecule has 0 amide bonds. The first-order chi connectivity index (χ1) is 11.4. The zero-order chi connectivity index (χ0) is 15.9. The van der Waals surface area contributed by atoms with E-state index in [1.165, 1.54) is 24.8 Å². The van der Waals surface area contributed by atoms with E-state index >= 15 is 0 Å². The molecule has 3 rings (SSSR count). The van der Waals surface area contributed by atoms with Gasteiger partial charge in [0.2, 0.25) is 5.95 Å². The number of rotatable bonds is 6. The average molecular weight is 311 g/mol. The fraction of sp³-hybridized carbons (Fsp3) is 0.500. The molecule has 1 aliphatic heterocycles. The van der Waals surface area contributed by atoms with E-state index in [0.717, 1.165) is 31.7 Å². The van der Waals surface area contributed by atoms with Crippen molar-refractivity contribution < 1.29 is 0 Å². The molecule has 23 heavy (non-hydrogen) atoms. The van der Waals surface area contributed by atoms with E-state index in [2.05, 4.69) is 56.6 Å². The van der Waals surface area contributed by atoms with Gasteiger partial charge in [0.25, 0.3) is 0 Å². The highest BCUT2D eigenvalue weighted by atomic mass is 15.3. The van der Waals surface area contributed by atoms with Gasteiger partial charge in [0.05, 0.1) is 6.20 Å². The van der Waals surface area contributed by atoms with Crippen LogP contribution in [0.25, 0.3) is 0 Å². The molecule has 0 bridgehead atoms. The van der Waals surface area contributed by atoms with Crippen LogP contribution in [0.5, 0.6) is 0 Å². The van der Waals surface area contributed by atoms with Crippen molar-refractivity contribution in [3.8, 4) is 0 Å². The monoisotopic (exact) mass is 311 g/mol. The Labute approximate surface area is 138 Å². The zero-order valence-electron chi connectivity index (χ0n) is 13.8. The summed E-state index contributed by atoms with van der Waals surface area (Å²) in [6.07, 6.45) is 7.69. The Morgan fingerprint density at radius 2 is 2.09 bits per heavy atom. The Balaban J connectivity index is 1.60. The highest BCUT2D eigenvalue weighted by Crippen LogP contribution is 2.24. The van der Waals surface area contributed by atoms with Crippen molar-refractivity contribution in [1.82, 2.24) is 15.2 Å². The van der Waals surface area contributed by atoms with Gasteiger partial charge < -0.3 is 10.2 Å². The van der Waals surface area contributed by atoms with Crippen LogP contribution in [-0.4, -0.2) is 34.3 Å². The molecule has 0 aliphatic carbocycles. The van der Waals surface area contributed by atoms with Gasteiger partial charge in [-0.1, -0.05) is 37.3 Å². The van der Waals surface area contributed by atoms with E-state index in [9.17, 15) is 0 Å². The minimum atomic E-state index is 0.581. The lowest BCUT2D eigenvalue weighted by molar-refractivity contribution is 0.446. The standard InChI is InChI=1S/C18H25N5/c1-2-16-10-6-7-13-23(16)17-14-20-22-18(21-17)19-12-11-15-8-4-3-5-9-15/h3-5,8-9,14,16H,2,6-7,10-13H2,1H3,(H,19,21,22). The number of hydrogen-bond acceptors (Lipinski definition) is 5. The maximum Gasteiger partial charge on any atom is 0.244 e. The van der Waals surface area contributed by atoms with Crippen molar-refractivity contribution in [3.05, 3.63) is 42.1 Å². The van der Waals surface area contributed by atoms with Crippen LogP contribution in [-0.2, 0) is 6.42 Å². The van der Waals surface area contributed by atoms with Crippen LogP contribution in [0.1, 0.15) is 38.2 Å². The molecular formula is C18H25N5. The number of benzene rings is 1. The normalized spacial score (nSPS) is 18.0. The van der Waals surface area contributed by atoms with Crippen LogP contribution in [0.2, 0.25) is 0 Å². The van der Waals surface area contributed by atoms with E-state index in [0.29, 0.717) is 12.0 Å². The molecule has 2 aromatic rings. The second kappa shape index (κ2) is 7.90. The zero-order valence-corrected chi connectivity index (χ0v) is 13.8. The Morgan fingerprint density at radius 1 is 1.22 bits per heavy atom. The third-order valence-corrected chi connectivity index (χ3v) is 4.48. The van der Waals surface area contributed by atoms with Gasteiger partial charge in [-0.3, -0.25) is 0 Å². The van der Waals surface area contributed by atoms with E-state index in [4.69, 9.17) is 0 Å². The maximum atomic E-state index is 4.67. The van der Waals surface area contributed by atoms with Crippen molar-refractivity contribution in [2.45, 2.75) is 45.1 Å². The predicted octanol–water partition coefficient (Wildman–Crippen LogP) is 3.30. The molecule has 1 aromatic heterocycles. The number of nitrogens with one attached hydrogen (secondary N) is 1. The number of aromatic nitrogens is 3. The summed E-state index contributed by atoms with van der Waals surface area (Å²) in [5.74, 6) is 1.58. The van der Waals surface area contributed by atoms with E-state index in [1.54, 1.807) is 6.20 Å². The first kappa shape index (κ1) is 15.7. The highest BCUT2D eigenvalue weighted by molar-refractivity contribution is 5.41. The molecule has 0 spiro atoms. The molecule has 1 fully saturated rings. The third kappa shape index (κ3) is 4.18. The van der Waals surface area contributed by atoms with E-state index in [-0.39, 0.29) is 0 Å². The van der Waals surface area contributed by atoms with Crippen LogP contribution >= 0.6 is 0 Å². The first-order valence-electron chi connectivity index (χ1n) is 8.61. The molecule has 1 aliphatic rings. The van der Waals surface area contributed by atoms with Crippen LogP contribution in [0.4, 0.5) is 11.8 Å². The van der Waals surface area contributed by atoms with Crippen LogP contribution < -0.4 is 10.2 Å². The second-order valence-corrected chi connectivity index (χ2v) is 6.05. The fourth-order valence-corrected chi connectivity index (χ4v) is 3.20. The fourth-order valence-electron chi connectivity index (χ4n) is 3.20. The van der Waals surface area contributed by atoms with Gasteiger partial charge in [-0.15, -0.1) is 5.10 Å². The third-order valence-electron chi connectivity index (χ3n) is 4.48. The Hall–Kier alpha value is -2.17. The molecule has 1 atom stereocenters. The van der Waals surface area contributed by atoms with Crippen molar-refractivity contribution in [2.24, 2.45) is 0 Å². The molecule has 5 heteroatoms. The molecule has 1 N–H and O–H groups in total. The van der Waals surface area contributed by atoms with Crippen molar-refractivity contribution in [2.75, 3.05) is 23.3 Å². The molecule has 0 saturated carbocycles. The van der Waals surface area contributed by atoms with Crippen molar-refractivity contribution in [1.29, 1.82) is 0 Å². The molecule has 2 heterocycles. The van der Waals surface area contributed by atoms with Gasteiger partial charge in [0, 0.05) is 19.1 Å². The molecule has 122 valence electrons. The lowest BCUT2D eigenvalue weighted by Crippen LogP contribution is -2.39. The summed E-state index contributed by atoms with van der Waals surface area (Å²) in [5, 5.41) is 11.5. The summed E-state index contributed by atoms with van der Waals surface area (Å²) in [6.45, 7) is 4.13. The number of anilines is 2. The van der Waals surface area contributed by atoms with Crippen LogP contribution in [0.15, 0.2) is 36.5 Å². The quantitative estimate of drug-likeness (QED) is 0.887. The number of nitrogens with zero attached hydrogens (tertiary/aromatic N) is 4. The summed E-state index contributed by atoms with van der Waals surface area (Å²) in [4.78, 5) is 7.06. The largest absolute Gasteiger partial charge is 0.353 e. The molecule has 1 saturated heterocycles. The summed E-state index contributed by atoms with van der Waals surface area (Å²) in [6, 6.07) is 11.0. The molecular weight excluding hydrogens is 286 g/mol. The molecule has 1 aromatic carbocycles. The smallest absolute Gasteiger partial charge is 0.244 e. The summed E-state index contributed by atoms with van der Waals surface area (Å²) in [7, 11) is 0. The van der Waals surface area contributed by atoms with Gasteiger partial charge in [-0.2, -0.15) is 10.1 Å². The lowest BCUT2D eigenvalue weighted by atomic mass is 10.0. The van der Waals surface area contributed by atoms with Crippen LogP contribution in [0, 0.1) is 0 Å². The van der Waals surface area contributed by atoms with Crippen molar-refractivity contribution >= 4 is 11.8 Å². The maximum absolute atomic E-state index is 4.67. The Kier molecular flexibility index (Phi) is 5.40. The van der Waals surface area contributed by atoms with Crippen molar-refractivity contribution in [3.63, 3.8) is 0 Å². The minimum Gasteiger partial charge on any atom is -0.353 e. The molecule has 5 nitrogen and oxygen atoms in total. The number of piperidine rings is 1. The Bertz CT molecular complexity index is 601. The first-order valence-corrected chi connectivity index (χ1v) is 8.61. The van der Waals surface area contributed by atoms with Crippen LogP contribution in [0.3, 0.4) is 0 Å². The van der Waals surface area contributed by atoms with Gasteiger partial charge in [-0.25, -0.2) is 0 Å². The second-order valence-electron chi connectivity index (χ2n) is 6.05. The Morgan fingerprint density at radius 3 is 2.91 bits per heavy atom. The highest BCUT2D eigenvalue weighted by Gasteiger charge is 2.22. The SMILES string of the molecule is CCC1CCCCN1c1cnnc(NCCc2ccccc2)n1. The minimum absolute atomic E-state index is 0.581. The predicted molar refractivity (Wildman–Crippen MR) is 93.7 cm³/mol. The summed E-state index contributed by atoms with van der Waals surface area (Å²) >= 11 is 0. The van der Waals surface area contributed by atoms with Gasteiger partial charge in [-0.05, 0) is 37.7 Å². The molecule has 0 radical (unpaired) electrons. The number of hydrogen-bond donors (Lipinski definition) is 1. The summed E-state index contributed by atoms with van der Waals surface area (Å²) < 4.78 is 0. The lowest BCUT2D eigenvalue weighted by Gasteiger charge is -2.35.